The number of hydrogen-bond acceptors (Lipinski definition) is 2. The molecule has 18 heavy (non-hydrogen) atoms. The Hall–Kier alpha value is -0.462. The summed E-state index contributed by atoms with van der Waals surface area (Å²) < 4.78 is 0. The van der Waals surface area contributed by atoms with Crippen LogP contribution in [0.15, 0.2) is 24.3 Å². The van der Waals surface area contributed by atoms with Crippen molar-refractivity contribution in [3.63, 3.8) is 0 Å². The van der Waals surface area contributed by atoms with Gasteiger partial charge in [-0.15, -0.1) is 5.56 Å². The normalized spacial score (nSPS) is 19.0. The van der Waals surface area contributed by atoms with Gasteiger partial charge in [0.1, 0.15) is 5.78 Å². The summed E-state index contributed by atoms with van der Waals surface area (Å²) in [5.41, 5.74) is 0.902. The summed E-state index contributed by atoms with van der Waals surface area (Å²) in [7, 11) is 2.12. The molecule has 1 saturated heterocycles. The Morgan fingerprint density at radius 2 is 2.11 bits per heavy atom. The molecule has 0 atom stereocenters. The quantitative estimate of drug-likeness (QED) is 0.628. The first-order valence-corrected chi connectivity index (χ1v) is 6.37. The zero-order chi connectivity index (χ0) is 12.3. The third-order valence-electron chi connectivity index (χ3n) is 3.96. The van der Waals surface area contributed by atoms with Crippen LogP contribution in [0.5, 0.6) is 0 Å². The molecule has 0 aromatic heterocycles. The van der Waals surface area contributed by atoms with Gasteiger partial charge in [0, 0.05) is 32.9 Å². The van der Waals surface area contributed by atoms with Crippen LogP contribution < -0.4 is 0 Å². The van der Waals surface area contributed by atoms with Crippen molar-refractivity contribution in [1.82, 2.24) is 4.90 Å². The summed E-state index contributed by atoms with van der Waals surface area (Å²) in [6.07, 6.45) is 2.50. The van der Waals surface area contributed by atoms with Gasteiger partial charge in [-0.25, -0.2) is 0 Å². The minimum absolute atomic E-state index is 0. The van der Waals surface area contributed by atoms with Crippen molar-refractivity contribution < 1.29 is 25.9 Å². The Kier molecular flexibility index (Phi) is 5.75. The molecule has 1 fully saturated rings. The third kappa shape index (κ3) is 2.92. The van der Waals surface area contributed by atoms with Gasteiger partial charge in [0.2, 0.25) is 0 Å². The summed E-state index contributed by atoms with van der Waals surface area (Å²) in [5.74, 6) is 0.380. The van der Waals surface area contributed by atoms with Crippen LogP contribution in [0.2, 0.25) is 0 Å². The van der Waals surface area contributed by atoms with E-state index in [4.69, 9.17) is 0 Å². The number of ketones is 1. The van der Waals surface area contributed by atoms with Gasteiger partial charge in [0.05, 0.1) is 0 Å². The Balaban J connectivity index is 0.00000162. The molecule has 1 aromatic rings. The first-order valence-electron chi connectivity index (χ1n) is 6.37. The van der Waals surface area contributed by atoms with E-state index in [0.29, 0.717) is 12.2 Å². The fourth-order valence-electron chi connectivity index (χ4n) is 2.76. The third-order valence-corrected chi connectivity index (χ3v) is 3.96. The van der Waals surface area contributed by atoms with Gasteiger partial charge in [0.15, 0.2) is 0 Å². The Bertz CT molecular complexity index is 383. The van der Waals surface area contributed by atoms with E-state index in [2.05, 4.69) is 24.1 Å². The molecule has 3 heteroatoms. The average Bonchev–Trinajstić information content (AvgIpc) is 2.40. The van der Waals surface area contributed by atoms with Crippen LogP contribution in [0.4, 0.5) is 0 Å². The zero-order valence-electron chi connectivity index (χ0n) is 11.1. The molecule has 1 heterocycles. The zero-order valence-corrected chi connectivity index (χ0v) is 13.1. The van der Waals surface area contributed by atoms with E-state index in [-0.39, 0.29) is 26.5 Å². The van der Waals surface area contributed by atoms with Gasteiger partial charge in [-0.2, -0.15) is 30.3 Å². The van der Waals surface area contributed by atoms with Gasteiger partial charge in [0.25, 0.3) is 0 Å². The molecule has 0 N–H and O–H groups in total. The molecule has 2 nitrogen and oxygen atoms in total. The smallest absolute Gasteiger partial charge is 0.131 e. The van der Waals surface area contributed by atoms with Crippen LogP contribution in [0, 0.1) is 6.07 Å². The van der Waals surface area contributed by atoms with Crippen molar-refractivity contribution >= 4 is 5.78 Å². The molecule has 98 valence electrons. The van der Waals surface area contributed by atoms with E-state index in [1.165, 1.54) is 0 Å². The standard InChI is InChI=1S/C15H20NO.Mo/c1-3-14(17)15(9-11-16(2)12-10-15)13-7-5-4-6-8-13;/h4-5,7-8H,3,9-12H2,1-2H3;/q-1;. The van der Waals surface area contributed by atoms with Crippen molar-refractivity contribution in [2.45, 2.75) is 31.6 Å². The number of likely N-dealkylation sites (tertiary alicyclic amines) is 1. The Labute approximate surface area is 124 Å². The summed E-state index contributed by atoms with van der Waals surface area (Å²) in [5, 5.41) is 0. The molecule has 1 aromatic carbocycles. The molecule has 0 unspecified atom stereocenters. The second-order valence-electron chi connectivity index (χ2n) is 4.95. The van der Waals surface area contributed by atoms with Gasteiger partial charge >= 0.3 is 0 Å². The first-order chi connectivity index (χ1) is 8.19. The molecule has 0 radical (unpaired) electrons. The maximum absolute atomic E-state index is 12.4. The van der Waals surface area contributed by atoms with Crippen molar-refractivity contribution in [3.8, 4) is 0 Å². The van der Waals surface area contributed by atoms with E-state index in [1.54, 1.807) is 0 Å². The molecule has 0 spiro atoms. The molecule has 0 amide bonds. The molecular formula is C15H20MoNO-. The maximum Gasteiger partial charge on any atom is 0.131 e. The molecule has 1 aliphatic heterocycles. The minimum atomic E-state index is -0.251. The fourth-order valence-corrected chi connectivity index (χ4v) is 2.76. The summed E-state index contributed by atoms with van der Waals surface area (Å²) in [6, 6.07) is 11.0. The van der Waals surface area contributed by atoms with Crippen molar-refractivity contribution in [1.29, 1.82) is 0 Å². The van der Waals surface area contributed by atoms with Crippen LogP contribution in [-0.4, -0.2) is 30.8 Å². The Morgan fingerprint density at radius 3 is 2.61 bits per heavy atom. The van der Waals surface area contributed by atoms with E-state index < -0.39 is 0 Å². The van der Waals surface area contributed by atoms with Crippen molar-refractivity contribution in [3.05, 3.63) is 35.9 Å². The predicted molar refractivity (Wildman–Crippen MR) is 69.0 cm³/mol. The largest absolute Gasteiger partial charge is 0.306 e. The number of carbonyl (C=O) groups excluding carboxylic acids is 1. The van der Waals surface area contributed by atoms with Crippen LogP contribution in [0.1, 0.15) is 31.7 Å². The van der Waals surface area contributed by atoms with Crippen LogP contribution in [-0.2, 0) is 31.3 Å². The number of Topliss-reactive ketones (excluding diaryl/α,β-unsaturated/α-hetero) is 1. The summed E-state index contributed by atoms with van der Waals surface area (Å²) in [4.78, 5) is 14.7. The monoisotopic (exact) mass is 328 g/mol. The molecule has 0 saturated carbocycles. The molecular weight excluding hydrogens is 306 g/mol. The van der Waals surface area contributed by atoms with E-state index in [0.717, 1.165) is 31.5 Å². The second kappa shape index (κ2) is 6.63. The summed E-state index contributed by atoms with van der Waals surface area (Å²) >= 11 is 0. The molecule has 1 aliphatic rings. The van der Waals surface area contributed by atoms with Crippen LogP contribution >= 0.6 is 0 Å². The topological polar surface area (TPSA) is 20.3 Å². The SMILES string of the molecule is CCC(=O)C1(c2c[c-]ccc2)CCN(C)CC1.[Mo]. The molecule has 2 rings (SSSR count). The number of benzene rings is 1. The summed E-state index contributed by atoms with van der Waals surface area (Å²) in [6.45, 7) is 3.97. The van der Waals surface area contributed by atoms with E-state index in [1.807, 2.05) is 25.1 Å². The number of carbonyl (C=O) groups is 1. The number of hydrogen-bond donors (Lipinski definition) is 0. The maximum atomic E-state index is 12.4. The second-order valence-corrected chi connectivity index (χ2v) is 4.95. The first kappa shape index (κ1) is 15.6. The number of piperidine rings is 1. The Morgan fingerprint density at radius 1 is 1.44 bits per heavy atom. The van der Waals surface area contributed by atoms with Gasteiger partial charge in [-0.05, 0) is 33.0 Å². The van der Waals surface area contributed by atoms with Crippen molar-refractivity contribution in [2.75, 3.05) is 20.1 Å². The van der Waals surface area contributed by atoms with Crippen molar-refractivity contribution in [2.24, 2.45) is 0 Å². The molecule has 0 bridgehead atoms. The number of rotatable bonds is 3. The molecule has 0 aliphatic carbocycles. The average molecular weight is 326 g/mol. The van der Waals surface area contributed by atoms with Crippen LogP contribution in [0.3, 0.4) is 0 Å². The van der Waals surface area contributed by atoms with E-state index >= 15 is 0 Å². The minimum Gasteiger partial charge on any atom is -0.306 e. The van der Waals surface area contributed by atoms with Gasteiger partial charge in [-0.3, -0.25) is 4.79 Å². The van der Waals surface area contributed by atoms with Gasteiger partial charge < -0.3 is 4.90 Å². The van der Waals surface area contributed by atoms with Crippen LogP contribution in [0.25, 0.3) is 0 Å². The van der Waals surface area contributed by atoms with Gasteiger partial charge in [-0.1, -0.05) is 6.92 Å². The van der Waals surface area contributed by atoms with E-state index in [9.17, 15) is 4.79 Å². The fraction of sp³-hybridized carbons (Fsp3) is 0.533. The number of nitrogens with zero attached hydrogens (tertiary/aromatic N) is 1. The predicted octanol–water partition coefficient (Wildman–Crippen LogP) is 2.43.